The molecule has 1 unspecified atom stereocenters. The van der Waals surface area contributed by atoms with Crippen molar-refractivity contribution in [3.05, 3.63) is 0 Å². The van der Waals surface area contributed by atoms with E-state index in [1.807, 2.05) is 4.74 Å². The van der Waals surface area contributed by atoms with Crippen molar-refractivity contribution in [2.75, 3.05) is 0 Å². The Morgan fingerprint density at radius 2 is 1.44 bits per heavy atom. The Kier molecular flexibility index (Phi) is 3.75. The average Bonchev–Trinajstić information content (AvgIpc) is 2.00. The largest absolute Gasteiger partial charge is 0.477 e. The van der Waals surface area contributed by atoms with Gasteiger partial charge in [-0.15, -0.1) is 0 Å². The van der Waals surface area contributed by atoms with Crippen LogP contribution in [0.15, 0.2) is 0 Å². The zero-order chi connectivity index (χ0) is 13.4. The molecule has 0 bridgehead atoms. The Bertz CT molecular complexity index is 273. The molecule has 96 valence electrons. The van der Waals surface area contributed by atoms with Gasteiger partial charge >= 0.3 is 30.5 Å². The lowest BCUT2D eigenvalue weighted by Crippen LogP contribution is -2.55. The van der Waals surface area contributed by atoms with E-state index >= 15 is 0 Å². The van der Waals surface area contributed by atoms with Crippen LogP contribution in [0, 0.1) is 0 Å². The van der Waals surface area contributed by atoms with E-state index in [2.05, 4.69) is 0 Å². The van der Waals surface area contributed by atoms with Gasteiger partial charge < -0.3 is 5.11 Å². The van der Waals surface area contributed by atoms with Gasteiger partial charge in [-0.2, -0.15) is 26.3 Å². The standard InChI is InChI=1S/C5H2F8O3/c6-1(7)4(9,10)16-3(8,2(14)15)5(11,12)13/h1H,(H,14,15). The number of hydrogen-bond acceptors (Lipinski definition) is 2. The molecule has 0 aliphatic carbocycles. The zero-order valence-electron chi connectivity index (χ0n) is 6.86. The van der Waals surface area contributed by atoms with Gasteiger partial charge in [-0.25, -0.2) is 13.6 Å². The number of hydrogen-bond donors (Lipinski definition) is 1. The van der Waals surface area contributed by atoms with Gasteiger partial charge in [0.25, 0.3) is 0 Å². The summed E-state index contributed by atoms with van der Waals surface area (Å²) >= 11 is 0. The zero-order valence-corrected chi connectivity index (χ0v) is 6.86. The molecule has 0 spiro atoms. The van der Waals surface area contributed by atoms with Crippen LogP contribution in [0.3, 0.4) is 0 Å². The van der Waals surface area contributed by atoms with E-state index in [0.29, 0.717) is 0 Å². The van der Waals surface area contributed by atoms with E-state index in [9.17, 15) is 39.9 Å². The molecule has 0 rings (SSSR count). The minimum Gasteiger partial charge on any atom is -0.477 e. The van der Waals surface area contributed by atoms with Crippen molar-refractivity contribution in [3.8, 4) is 0 Å². The molecule has 0 aliphatic heterocycles. The SMILES string of the molecule is O=C(O)C(F)(OC(F)(F)C(F)F)C(F)(F)F. The number of halogens is 8. The van der Waals surface area contributed by atoms with E-state index < -0.39 is 30.5 Å². The summed E-state index contributed by atoms with van der Waals surface area (Å²) in [5, 5.41) is 7.72. The average molecular weight is 262 g/mol. The molecule has 16 heavy (non-hydrogen) atoms. The fraction of sp³-hybridized carbons (Fsp3) is 0.800. The second kappa shape index (κ2) is 4.03. The van der Waals surface area contributed by atoms with Crippen LogP contribution in [0.25, 0.3) is 0 Å². The van der Waals surface area contributed by atoms with Crippen LogP contribution in [0.1, 0.15) is 0 Å². The molecule has 0 aromatic rings. The Morgan fingerprint density at radius 3 is 1.62 bits per heavy atom. The molecule has 11 heteroatoms. The van der Waals surface area contributed by atoms with Crippen LogP contribution < -0.4 is 0 Å². The van der Waals surface area contributed by atoms with Crippen LogP contribution >= 0.6 is 0 Å². The van der Waals surface area contributed by atoms with Crippen LogP contribution in [0.4, 0.5) is 35.1 Å². The maximum atomic E-state index is 12.5. The summed E-state index contributed by atoms with van der Waals surface area (Å²) in [5.74, 6) is -9.42. The molecule has 1 N–H and O–H groups in total. The first-order valence-corrected chi connectivity index (χ1v) is 3.19. The molecular weight excluding hydrogens is 260 g/mol. The fourth-order valence-electron chi connectivity index (χ4n) is 0.455. The molecule has 0 fully saturated rings. The van der Waals surface area contributed by atoms with Crippen molar-refractivity contribution < 1.29 is 49.8 Å². The van der Waals surface area contributed by atoms with Gasteiger partial charge in [-0.05, 0) is 0 Å². The summed E-state index contributed by atoms with van der Waals surface area (Å²) in [5.41, 5.74) is 0. The number of alkyl halides is 8. The number of ether oxygens (including phenoxy) is 1. The molecule has 3 nitrogen and oxygen atoms in total. The lowest BCUT2D eigenvalue weighted by Gasteiger charge is -2.27. The minimum atomic E-state index is -6.43. The summed E-state index contributed by atoms with van der Waals surface area (Å²) in [4.78, 5) is 9.77. The molecular formula is C5H2F8O3. The predicted molar refractivity (Wildman–Crippen MR) is 29.6 cm³/mol. The molecule has 0 saturated heterocycles. The van der Waals surface area contributed by atoms with Crippen LogP contribution in [-0.2, 0) is 9.53 Å². The number of carbonyl (C=O) groups is 1. The second-order valence-electron chi connectivity index (χ2n) is 2.36. The summed E-state index contributed by atoms with van der Waals surface area (Å²) in [6, 6.07) is 0. The van der Waals surface area contributed by atoms with Crippen molar-refractivity contribution in [1.29, 1.82) is 0 Å². The van der Waals surface area contributed by atoms with Crippen molar-refractivity contribution in [2.24, 2.45) is 0 Å². The minimum absolute atomic E-state index is 2.04. The third-order valence-corrected chi connectivity index (χ3v) is 1.17. The first-order chi connectivity index (χ1) is 6.84. The lowest BCUT2D eigenvalue weighted by molar-refractivity contribution is -0.418. The number of aliphatic carboxylic acids is 1. The lowest BCUT2D eigenvalue weighted by atomic mass is 10.3. The molecule has 0 heterocycles. The monoisotopic (exact) mass is 262 g/mol. The van der Waals surface area contributed by atoms with E-state index in [1.165, 1.54) is 0 Å². The van der Waals surface area contributed by atoms with Gasteiger partial charge in [-0.3, -0.25) is 4.74 Å². The summed E-state index contributed by atoms with van der Waals surface area (Å²) in [6.45, 7) is 0. The van der Waals surface area contributed by atoms with Crippen LogP contribution in [0.2, 0.25) is 0 Å². The molecule has 0 amide bonds. The van der Waals surface area contributed by atoms with Gasteiger partial charge in [0.05, 0.1) is 0 Å². The van der Waals surface area contributed by atoms with Crippen molar-refractivity contribution >= 4 is 5.97 Å². The highest BCUT2D eigenvalue weighted by atomic mass is 19.4. The van der Waals surface area contributed by atoms with Crippen molar-refractivity contribution in [3.63, 3.8) is 0 Å². The molecule has 0 saturated carbocycles. The molecule has 0 aliphatic rings. The van der Waals surface area contributed by atoms with Gasteiger partial charge in [0, 0.05) is 0 Å². The van der Waals surface area contributed by atoms with Gasteiger partial charge in [0.2, 0.25) is 0 Å². The van der Waals surface area contributed by atoms with E-state index in [0.717, 1.165) is 0 Å². The third-order valence-electron chi connectivity index (χ3n) is 1.17. The number of rotatable bonds is 4. The fourth-order valence-corrected chi connectivity index (χ4v) is 0.455. The molecule has 1 atom stereocenters. The number of carboxylic acid groups (broad SMARTS) is 1. The van der Waals surface area contributed by atoms with Crippen LogP contribution in [-0.4, -0.2) is 35.6 Å². The van der Waals surface area contributed by atoms with Crippen molar-refractivity contribution in [1.82, 2.24) is 0 Å². The Balaban J connectivity index is 5.21. The smallest absolute Gasteiger partial charge is 0.460 e. The van der Waals surface area contributed by atoms with Crippen molar-refractivity contribution in [2.45, 2.75) is 24.6 Å². The highest BCUT2D eigenvalue weighted by Gasteiger charge is 2.69. The molecule has 0 radical (unpaired) electrons. The highest BCUT2D eigenvalue weighted by molar-refractivity contribution is 5.76. The Labute approximate surface area is 81.6 Å². The molecule has 0 aromatic heterocycles. The summed E-state index contributed by atoms with van der Waals surface area (Å²) in [7, 11) is 0. The molecule has 0 aromatic carbocycles. The Morgan fingerprint density at radius 1 is 1.06 bits per heavy atom. The van der Waals surface area contributed by atoms with Gasteiger partial charge in [-0.1, -0.05) is 0 Å². The quantitative estimate of drug-likeness (QED) is 0.790. The first kappa shape index (κ1) is 14.9. The maximum absolute atomic E-state index is 12.5. The summed E-state index contributed by atoms with van der Waals surface area (Å²) in [6.07, 6.45) is -17.1. The van der Waals surface area contributed by atoms with E-state index in [-0.39, 0.29) is 0 Å². The second-order valence-corrected chi connectivity index (χ2v) is 2.36. The Hall–Kier alpha value is -1.13. The highest BCUT2D eigenvalue weighted by Crippen LogP contribution is 2.41. The normalized spacial score (nSPS) is 17.3. The van der Waals surface area contributed by atoms with E-state index in [4.69, 9.17) is 5.11 Å². The van der Waals surface area contributed by atoms with Crippen LogP contribution in [0.5, 0.6) is 0 Å². The number of carboxylic acids is 1. The summed E-state index contributed by atoms with van der Waals surface area (Å²) < 4.78 is 96.3. The van der Waals surface area contributed by atoms with Gasteiger partial charge in [0.1, 0.15) is 0 Å². The topological polar surface area (TPSA) is 46.5 Å². The van der Waals surface area contributed by atoms with Gasteiger partial charge in [0.15, 0.2) is 0 Å². The van der Waals surface area contributed by atoms with E-state index in [1.54, 1.807) is 0 Å². The maximum Gasteiger partial charge on any atom is 0.460 e. The first-order valence-electron chi connectivity index (χ1n) is 3.19. The third kappa shape index (κ3) is 2.71. The predicted octanol–water partition coefficient (Wildman–Crippen LogP) is 2.17.